The molecule has 0 bridgehead atoms. The average molecular weight is 171 g/mol. The highest BCUT2D eigenvalue weighted by Gasteiger charge is 2.24. The highest BCUT2D eigenvalue weighted by atomic mass is 16.5. The fourth-order valence-electron chi connectivity index (χ4n) is 1.45. The van der Waals surface area contributed by atoms with Gasteiger partial charge in [0, 0.05) is 0 Å². The number of rotatable bonds is 1. The van der Waals surface area contributed by atoms with Crippen LogP contribution in [0.25, 0.3) is 0 Å². The van der Waals surface area contributed by atoms with E-state index < -0.39 is 0 Å². The van der Waals surface area contributed by atoms with E-state index in [0.717, 1.165) is 18.6 Å². The second-order valence-corrected chi connectivity index (χ2v) is 2.96. The number of ether oxygens (including phenoxy) is 1. The van der Waals surface area contributed by atoms with Gasteiger partial charge in [0.25, 0.3) is 0 Å². The molecule has 0 radical (unpaired) electrons. The van der Waals surface area contributed by atoms with Gasteiger partial charge in [-0.15, -0.1) is 0 Å². The van der Waals surface area contributed by atoms with Crippen LogP contribution in [0.1, 0.15) is 25.7 Å². The van der Waals surface area contributed by atoms with Gasteiger partial charge in [0.15, 0.2) is 0 Å². The number of esters is 1. The lowest BCUT2D eigenvalue weighted by Crippen LogP contribution is -2.22. The van der Waals surface area contributed by atoms with Gasteiger partial charge in [-0.25, -0.2) is 0 Å². The molecule has 0 aromatic rings. The molecule has 1 N–H and O–H groups in total. The molecule has 12 heavy (non-hydrogen) atoms. The van der Waals surface area contributed by atoms with Crippen molar-refractivity contribution in [3.8, 4) is 0 Å². The number of carbonyl (C=O) groups excluding carboxylic acids is 1. The smallest absolute Gasteiger partial charge is 0.308 e. The van der Waals surface area contributed by atoms with Crippen LogP contribution in [0.5, 0.6) is 0 Å². The summed E-state index contributed by atoms with van der Waals surface area (Å²) in [6, 6.07) is 0. The van der Waals surface area contributed by atoms with Gasteiger partial charge in [0.1, 0.15) is 0 Å². The molecule has 0 aromatic carbocycles. The first-order chi connectivity index (χ1) is 5.77. The fraction of sp³-hybridized carbons (Fsp3) is 0.750. The number of nitrogens with zero attached hydrogens (tertiary/aromatic N) is 1. The summed E-state index contributed by atoms with van der Waals surface area (Å²) in [4.78, 5) is 11.0. The zero-order valence-corrected chi connectivity index (χ0v) is 7.12. The van der Waals surface area contributed by atoms with E-state index in [1.807, 2.05) is 0 Å². The molecular formula is C8H13NO3. The summed E-state index contributed by atoms with van der Waals surface area (Å²) >= 11 is 0. The van der Waals surface area contributed by atoms with Crippen molar-refractivity contribution in [2.24, 2.45) is 11.1 Å². The Morgan fingerprint density at radius 2 is 2.17 bits per heavy atom. The van der Waals surface area contributed by atoms with E-state index in [2.05, 4.69) is 9.89 Å². The van der Waals surface area contributed by atoms with Crippen molar-refractivity contribution >= 4 is 11.7 Å². The Bertz CT molecular complexity index is 190. The number of oxime groups is 1. The number of carbonyl (C=O) groups is 1. The highest BCUT2D eigenvalue weighted by molar-refractivity contribution is 5.86. The maximum absolute atomic E-state index is 11.0. The maximum Gasteiger partial charge on any atom is 0.308 e. The largest absolute Gasteiger partial charge is 0.469 e. The molecule has 1 saturated carbocycles. The minimum absolute atomic E-state index is 0.000463. The van der Waals surface area contributed by atoms with E-state index >= 15 is 0 Å². The molecule has 1 aliphatic carbocycles. The molecule has 0 spiro atoms. The Balaban J connectivity index is 2.41. The molecule has 0 saturated heterocycles. The third-order valence-corrected chi connectivity index (χ3v) is 2.24. The lowest BCUT2D eigenvalue weighted by Gasteiger charge is -2.19. The third-order valence-electron chi connectivity index (χ3n) is 2.24. The number of hydrogen-bond donors (Lipinski definition) is 1. The van der Waals surface area contributed by atoms with Crippen molar-refractivity contribution in [3.05, 3.63) is 0 Å². The van der Waals surface area contributed by atoms with Crippen molar-refractivity contribution in [2.75, 3.05) is 7.11 Å². The van der Waals surface area contributed by atoms with E-state index in [1.54, 1.807) is 0 Å². The minimum Gasteiger partial charge on any atom is -0.469 e. The lowest BCUT2D eigenvalue weighted by molar-refractivity contribution is -0.146. The van der Waals surface area contributed by atoms with Crippen LogP contribution in [0, 0.1) is 5.92 Å². The molecule has 0 unspecified atom stereocenters. The maximum atomic E-state index is 11.0. The Kier molecular flexibility index (Phi) is 3.08. The van der Waals surface area contributed by atoms with Crippen molar-refractivity contribution in [1.82, 2.24) is 0 Å². The van der Waals surface area contributed by atoms with Gasteiger partial charge in [-0.05, 0) is 25.7 Å². The minimum atomic E-state index is -0.146. The Morgan fingerprint density at radius 3 is 2.58 bits per heavy atom. The van der Waals surface area contributed by atoms with E-state index in [4.69, 9.17) is 5.21 Å². The molecule has 0 amide bonds. The SMILES string of the molecule is COC(=O)C1CCC(=NO)CC1. The first kappa shape index (κ1) is 9.03. The molecule has 1 aliphatic rings. The summed E-state index contributed by atoms with van der Waals surface area (Å²) in [5.41, 5.74) is 0.787. The van der Waals surface area contributed by atoms with Crippen LogP contribution < -0.4 is 0 Å². The molecule has 1 rings (SSSR count). The molecule has 1 fully saturated rings. The number of hydrogen-bond acceptors (Lipinski definition) is 4. The molecule has 0 aromatic heterocycles. The summed E-state index contributed by atoms with van der Waals surface area (Å²) < 4.78 is 4.62. The van der Waals surface area contributed by atoms with Crippen LogP contribution in [0.15, 0.2) is 5.16 Å². The van der Waals surface area contributed by atoms with E-state index in [9.17, 15) is 4.79 Å². The topological polar surface area (TPSA) is 58.9 Å². The van der Waals surface area contributed by atoms with Crippen LogP contribution in [-0.4, -0.2) is 24.0 Å². The van der Waals surface area contributed by atoms with E-state index in [0.29, 0.717) is 12.8 Å². The molecule has 0 atom stereocenters. The van der Waals surface area contributed by atoms with Gasteiger partial charge in [0.05, 0.1) is 18.7 Å². The second-order valence-electron chi connectivity index (χ2n) is 2.96. The lowest BCUT2D eigenvalue weighted by atomic mass is 9.88. The first-order valence-electron chi connectivity index (χ1n) is 4.05. The predicted molar refractivity (Wildman–Crippen MR) is 43.2 cm³/mol. The fourth-order valence-corrected chi connectivity index (χ4v) is 1.45. The van der Waals surface area contributed by atoms with Gasteiger partial charge >= 0.3 is 5.97 Å². The summed E-state index contributed by atoms with van der Waals surface area (Å²) in [7, 11) is 1.40. The second kappa shape index (κ2) is 4.09. The Morgan fingerprint density at radius 1 is 1.58 bits per heavy atom. The van der Waals surface area contributed by atoms with Gasteiger partial charge in [-0.1, -0.05) is 5.16 Å². The van der Waals surface area contributed by atoms with Crippen LogP contribution in [0.3, 0.4) is 0 Å². The Labute approximate surface area is 71.2 Å². The molecule has 4 heteroatoms. The summed E-state index contributed by atoms with van der Waals surface area (Å²) in [5, 5.41) is 11.6. The summed E-state index contributed by atoms with van der Waals surface area (Å²) in [6.07, 6.45) is 2.89. The number of methoxy groups -OCH3 is 1. The Hall–Kier alpha value is -1.06. The quantitative estimate of drug-likeness (QED) is 0.366. The van der Waals surface area contributed by atoms with E-state index in [1.165, 1.54) is 7.11 Å². The van der Waals surface area contributed by atoms with Crippen molar-refractivity contribution in [3.63, 3.8) is 0 Å². The molecular weight excluding hydrogens is 158 g/mol. The molecule has 68 valence electrons. The predicted octanol–water partition coefficient (Wildman–Crippen LogP) is 1.18. The van der Waals surface area contributed by atoms with Crippen molar-refractivity contribution in [2.45, 2.75) is 25.7 Å². The molecule has 0 aliphatic heterocycles. The van der Waals surface area contributed by atoms with Gasteiger partial charge in [-0.3, -0.25) is 4.79 Å². The van der Waals surface area contributed by atoms with Crippen molar-refractivity contribution < 1.29 is 14.7 Å². The average Bonchev–Trinajstić information content (AvgIpc) is 2.17. The monoisotopic (exact) mass is 171 g/mol. The third kappa shape index (κ3) is 1.96. The van der Waals surface area contributed by atoms with Crippen LogP contribution in [0.4, 0.5) is 0 Å². The van der Waals surface area contributed by atoms with Crippen LogP contribution >= 0.6 is 0 Å². The zero-order chi connectivity index (χ0) is 8.97. The molecule has 4 nitrogen and oxygen atoms in total. The van der Waals surface area contributed by atoms with Gasteiger partial charge in [-0.2, -0.15) is 0 Å². The van der Waals surface area contributed by atoms with Gasteiger partial charge in [0.2, 0.25) is 0 Å². The van der Waals surface area contributed by atoms with Crippen LogP contribution in [-0.2, 0) is 9.53 Å². The first-order valence-corrected chi connectivity index (χ1v) is 4.05. The van der Waals surface area contributed by atoms with E-state index in [-0.39, 0.29) is 11.9 Å². The van der Waals surface area contributed by atoms with Crippen LogP contribution in [0.2, 0.25) is 0 Å². The standard InChI is InChI=1S/C8H13NO3/c1-12-8(10)6-2-4-7(9-11)5-3-6/h6,11H,2-5H2,1H3. The van der Waals surface area contributed by atoms with Crippen molar-refractivity contribution in [1.29, 1.82) is 0 Å². The summed E-state index contributed by atoms with van der Waals surface area (Å²) in [5.74, 6) is -0.146. The normalized spacial score (nSPS) is 23.4. The van der Waals surface area contributed by atoms with Gasteiger partial charge < -0.3 is 9.94 Å². The zero-order valence-electron chi connectivity index (χ0n) is 7.12. The highest BCUT2D eigenvalue weighted by Crippen LogP contribution is 2.22. The summed E-state index contributed by atoms with van der Waals surface area (Å²) in [6.45, 7) is 0. The molecule has 0 heterocycles.